The molecular weight excluding hydrogens is 361 g/mol. The molecule has 1 atom stereocenters. The minimum absolute atomic E-state index is 0.106. The molecule has 2 aromatic rings. The minimum atomic E-state index is -3.06. The van der Waals surface area contributed by atoms with Crippen LogP contribution in [0.3, 0.4) is 0 Å². The molecule has 0 unspecified atom stereocenters. The molecule has 0 radical (unpaired) electrons. The summed E-state index contributed by atoms with van der Waals surface area (Å²) in [7, 11) is 0. The third-order valence-electron chi connectivity index (χ3n) is 4.19. The average molecular weight is 378 g/mol. The Balaban J connectivity index is 1.98. The molecule has 0 bridgehead atoms. The number of aromatic nitrogens is 1. The van der Waals surface area contributed by atoms with Crippen molar-refractivity contribution in [2.75, 3.05) is 18.5 Å². The molecule has 0 saturated heterocycles. The highest BCUT2D eigenvalue weighted by Gasteiger charge is 2.46. The van der Waals surface area contributed by atoms with Gasteiger partial charge in [-0.2, -0.15) is 0 Å². The largest absolute Gasteiger partial charge is 0.385 e. The summed E-state index contributed by atoms with van der Waals surface area (Å²) >= 11 is 0. The lowest BCUT2D eigenvalue weighted by Crippen LogP contribution is -2.45. The number of hydrogen-bond donors (Lipinski definition) is 2. The SMILES string of the molecule is Cc1cccnc1C(=O)Nc1ccc(F)c([C@]2(C(F)F)COCC(N)=N2)c1. The van der Waals surface area contributed by atoms with Gasteiger partial charge in [-0.15, -0.1) is 0 Å². The summed E-state index contributed by atoms with van der Waals surface area (Å²) in [5.41, 5.74) is 3.80. The molecule has 2 heterocycles. The number of nitrogens with zero attached hydrogens (tertiary/aromatic N) is 2. The number of aliphatic imine (C=N–C) groups is 1. The highest BCUT2D eigenvalue weighted by Crippen LogP contribution is 2.38. The van der Waals surface area contributed by atoms with Crippen LogP contribution >= 0.6 is 0 Å². The number of nitrogens with two attached hydrogens (primary N) is 1. The second-order valence-corrected chi connectivity index (χ2v) is 6.14. The molecule has 1 amide bonds. The first-order valence-corrected chi connectivity index (χ1v) is 8.06. The summed E-state index contributed by atoms with van der Waals surface area (Å²) in [5, 5.41) is 2.54. The molecule has 0 fully saturated rings. The zero-order valence-electron chi connectivity index (χ0n) is 14.4. The fourth-order valence-electron chi connectivity index (χ4n) is 2.85. The van der Waals surface area contributed by atoms with E-state index >= 15 is 0 Å². The van der Waals surface area contributed by atoms with Crippen molar-refractivity contribution in [3.05, 3.63) is 59.2 Å². The van der Waals surface area contributed by atoms with Crippen molar-refractivity contribution in [3.8, 4) is 0 Å². The van der Waals surface area contributed by atoms with Gasteiger partial charge in [0.25, 0.3) is 12.3 Å². The number of anilines is 1. The maximum absolute atomic E-state index is 14.4. The number of nitrogens with one attached hydrogen (secondary N) is 1. The number of hydrogen-bond acceptors (Lipinski definition) is 5. The van der Waals surface area contributed by atoms with Gasteiger partial charge in [-0.3, -0.25) is 14.8 Å². The Bertz CT molecular complexity index is 904. The molecular formula is C18H17F3N4O2. The Morgan fingerprint density at radius 1 is 1.37 bits per heavy atom. The van der Waals surface area contributed by atoms with Crippen molar-refractivity contribution in [2.24, 2.45) is 10.7 Å². The Hall–Kier alpha value is -2.94. The Morgan fingerprint density at radius 3 is 2.81 bits per heavy atom. The number of rotatable bonds is 4. The molecule has 3 rings (SSSR count). The number of carbonyl (C=O) groups is 1. The molecule has 1 aliphatic rings. The van der Waals surface area contributed by atoms with Gasteiger partial charge in [0.15, 0.2) is 5.54 Å². The summed E-state index contributed by atoms with van der Waals surface area (Å²) in [6, 6.07) is 6.76. The van der Waals surface area contributed by atoms with Crippen LogP contribution < -0.4 is 11.1 Å². The number of pyridine rings is 1. The van der Waals surface area contributed by atoms with Crippen LogP contribution in [0.4, 0.5) is 18.9 Å². The molecule has 1 aromatic heterocycles. The molecule has 1 aliphatic heterocycles. The second-order valence-electron chi connectivity index (χ2n) is 6.14. The maximum atomic E-state index is 14.4. The fraction of sp³-hybridized carbons (Fsp3) is 0.278. The molecule has 0 saturated carbocycles. The van der Waals surface area contributed by atoms with Crippen molar-refractivity contribution < 1.29 is 22.7 Å². The zero-order valence-corrected chi connectivity index (χ0v) is 14.4. The molecule has 9 heteroatoms. The smallest absolute Gasteiger partial charge is 0.274 e. The van der Waals surface area contributed by atoms with Gasteiger partial charge >= 0.3 is 0 Å². The molecule has 1 aromatic carbocycles. The van der Waals surface area contributed by atoms with Gasteiger partial charge in [-0.1, -0.05) is 6.07 Å². The molecule has 6 nitrogen and oxygen atoms in total. The van der Waals surface area contributed by atoms with Crippen LogP contribution in [-0.4, -0.2) is 36.4 Å². The number of amides is 1. The number of halogens is 3. The van der Waals surface area contributed by atoms with Gasteiger partial charge in [-0.25, -0.2) is 13.2 Å². The summed E-state index contributed by atoms with van der Waals surface area (Å²) in [6.45, 7) is 1.07. The van der Waals surface area contributed by atoms with Crippen molar-refractivity contribution in [1.29, 1.82) is 0 Å². The van der Waals surface area contributed by atoms with Crippen LogP contribution in [0, 0.1) is 12.7 Å². The molecule has 27 heavy (non-hydrogen) atoms. The van der Waals surface area contributed by atoms with E-state index in [4.69, 9.17) is 10.5 Å². The number of carbonyl (C=O) groups excluding carboxylic acids is 1. The van der Waals surface area contributed by atoms with E-state index < -0.39 is 35.9 Å². The summed E-state index contributed by atoms with van der Waals surface area (Å²) in [6.07, 6.45) is -1.60. The van der Waals surface area contributed by atoms with Gasteiger partial charge in [0.2, 0.25) is 0 Å². The Kier molecular flexibility index (Phi) is 5.13. The Morgan fingerprint density at radius 2 is 2.15 bits per heavy atom. The minimum Gasteiger partial charge on any atom is -0.385 e. The van der Waals surface area contributed by atoms with Crippen molar-refractivity contribution in [1.82, 2.24) is 4.98 Å². The van der Waals surface area contributed by atoms with Gasteiger partial charge in [0.1, 0.15) is 24.0 Å². The van der Waals surface area contributed by atoms with Crippen molar-refractivity contribution in [3.63, 3.8) is 0 Å². The highest BCUT2D eigenvalue weighted by atomic mass is 19.3. The second kappa shape index (κ2) is 7.36. The lowest BCUT2D eigenvalue weighted by molar-refractivity contribution is -0.0145. The zero-order chi connectivity index (χ0) is 19.6. The topological polar surface area (TPSA) is 89.6 Å². The van der Waals surface area contributed by atoms with E-state index in [2.05, 4.69) is 15.3 Å². The third-order valence-corrected chi connectivity index (χ3v) is 4.19. The van der Waals surface area contributed by atoms with Crippen LogP contribution in [0.5, 0.6) is 0 Å². The van der Waals surface area contributed by atoms with E-state index in [1.807, 2.05) is 0 Å². The van der Waals surface area contributed by atoms with Gasteiger partial charge in [0, 0.05) is 17.4 Å². The van der Waals surface area contributed by atoms with Crippen molar-refractivity contribution in [2.45, 2.75) is 18.9 Å². The first-order chi connectivity index (χ1) is 12.8. The number of ether oxygens (including phenoxy) is 1. The van der Waals surface area contributed by atoms with Crippen LogP contribution in [0.1, 0.15) is 21.6 Å². The summed E-state index contributed by atoms with van der Waals surface area (Å²) in [5.74, 6) is -1.59. The predicted molar refractivity (Wildman–Crippen MR) is 93.5 cm³/mol. The van der Waals surface area contributed by atoms with E-state index in [-0.39, 0.29) is 23.8 Å². The van der Waals surface area contributed by atoms with Crippen LogP contribution in [0.2, 0.25) is 0 Å². The van der Waals surface area contributed by atoms with E-state index in [0.29, 0.717) is 5.56 Å². The lowest BCUT2D eigenvalue weighted by atomic mass is 9.90. The fourth-order valence-corrected chi connectivity index (χ4v) is 2.85. The maximum Gasteiger partial charge on any atom is 0.274 e. The lowest BCUT2D eigenvalue weighted by Gasteiger charge is -2.33. The Labute approximate surface area is 153 Å². The quantitative estimate of drug-likeness (QED) is 0.856. The number of alkyl halides is 2. The number of benzene rings is 1. The normalized spacial score (nSPS) is 19.7. The van der Waals surface area contributed by atoms with E-state index in [1.165, 1.54) is 12.3 Å². The van der Waals surface area contributed by atoms with E-state index in [0.717, 1.165) is 12.1 Å². The van der Waals surface area contributed by atoms with Crippen LogP contribution in [0.15, 0.2) is 41.5 Å². The van der Waals surface area contributed by atoms with Gasteiger partial charge in [-0.05, 0) is 36.8 Å². The number of aryl methyl sites for hydroxylation is 1. The molecule has 3 N–H and O–H groups in total. The first kappa shape index (κ1) is 18.8. The van der Waals surface area contributed by atoms with Crippen molar-refractivity contribution >= 4 is 17.4 Å². The molecule has 0 spiro atoms. The van der Waals surface area contributed by atoms with E-state index in [9.17, 15) is 18.0 Å². The highest BCUT2D eigenvalue weighted by molar-refractivity contribution is 6.03. The third kappa shape index (κ3) is 3.63. The average Bonchev–Trinajstić information content (AvgIpc) is 2.63. The molecule has 142 valence electrons. The monoisotopic (exact) mass is 378 g/mol. The van der Waals surface area contributed by atoms with Gasteiger partial charge < -0.3 is 15.8 Å². The molecule has 0 aliphatic carbocycles. The summed E-state index contributed by atoms with van der Waals surface area (Å²) < 4.78 is 47.1. The van der Waals surface area contributed by atoms with Crippen LogP contribution in [0.25, 0.3) is 0 Å². The predicted octanol–water partition coefficient (Wildman–Crippen LogP) is 2.63. The van der Waals surface area contributed by atoms with Gasteiger partial charge in [0.05, 0.1) is 6.61 Å². The first-order valence-electron chi connectivity index (χ1n) is 8.06. The number of amidine groups is 1. The summed E-state index contributed by atoms with van der Waals surface area (Å²) in [4.78, 5) is 20.2. The standard InChI is InChI=1S/C18H17F3N4O2/c1-10-3-2-6-23-15(10)16(26)24-11-4-5-13(19)12(7-11)18(17(20)21)9-27-8-14(22)25-18/h2-7,17H,8-9H2,1H3,(H2,22,25)(H,24,26)/t18-/m0/s1. The van der Waals surface area contributed by atoms with Crippen LogP contribution in [-0.2, 0) is 10.3 Å². The van der Waals surface area contributed by atoms with E-state index in [1.54, 1.807) is 19.1 Å².